The molecule has 1 aromatic rings. The van der Waals surface area contributed by atoms with Crippen molar-refractivity contribution in [1.29, 1.82) is 0 Å². The SMILES string of the molecule is CC1(C)O[C@@H]2O[C@H]3[C@H](O[C@@H](c4ccc(Cl)cc4)C[C@H]3I)[C@@H]2O1. The first-order valence-electron chi connectivity index (χ1n) is 7.49. The van der Waals surface area contributed by atoms with Gasteiger partial charge in [-0.05, 0) is 38.0 Å². The number of benzene rings is 1. The average Bonchev–Trinajstić information content (AvgIpc) is 2.92. The molecular formula is C16H18ClIO4. The van der Waals surface area contributed by atoms with Crippen molar-refractivity contribution < 1.29 is 18.9 Å². The van der Waals surface area contributed by atoms with E-state index in [1.807, 2.05) is 38.1 Å². The molecule has 0 amide bonds. The normalized spacial score (nSPS) is 42.9. The van der Waals surface area contributed by atoms with Crippen LogP contribution < -0.4 is 0 Å². The summed E-state index contributed by atoms with van der Waals surface area (Å²) in [7, 11) is 0. The van der Waals surface area contributed by atoms with E-state index in [2.05, 4.69) is 22.6 Å². The Labute approximate surface area is 148 Å². The second-order valence-electron chi connectivity index (χ2n) is 6.46. The minimum atomic E-state index is -0.613. The largest absolute Gasteiger partial charge is 0.365 e. The fourth-order valence-corrected chi connectivity index (χ4v) is 4.59. The van der Waals surface area contributed by atoms with Crippen LogP contribution in [0.1, 0.15) is 31.9 Å². The molecule has 0 aliphatic carbocycles. The zero-order chi connectivity index (χ0) is 15.5. The van der Waals surface area contributed by atoms with Crippen LogP contribution in [-0.2, 0) is 18.9 Å². The number of halogens is 2. The van der Waals surface area contributed by atoms with E-state index in [-0.39, 0.29) is 30.7 Å². The number of hydrogen-bond donors (Lipinski definition) is 0. The van der Waals surface area contributed by atoms with Crippen LogP contribution in [0.4, 0.5) is 0 Å². The molecule has 4 nitrogen and oxygen atoms in total. The fraction of sp³-hybridized carbons (Fsp3) is 0.625. The summed E-state index contributed by atoms with van der Waals surface area (Å²) >= 11 is 8.42. The van der Waals surface area contributed by atoms with E-state index in [1.54, 1.807) is 0 Å². The number of fused-ring (bicyclic) bond motifs is 3. The van der Waals surface area contributed by atoms with Gasteiger partial charge in [0.1, 0.15) is 18.3 Å². The summed E-state index contributed by atoms with van der Waals surface area (Å²) in [6.07, 6.45) is 0.388. The van der Waals surface area contributed by atoms with Gasteiger partial charge in [0.05, 0.1) is 6.10 Å². The van der Waals surface area contributed by atoms with Crippen molar-refractivity contribution in [2.75, 3.05) is 0 Å². The molecule has 0 unspecified atom stereocenters. The second kappa shape index (κ2) is 5.57. The van der Waals surface area contributed by atoms with Crippen molar-refractivity contribution in [2.24, 2.45) is 0 Å². The Bertz CT molecular complexity index is 564. The van der Waals surface area contributed by atoms with Gasteiger partial charge in [0.15, 0.2) is 12.1 Å². The maximum Gasteiger partial charge on any atom is 0.190 e. The lowest BCUT2D eigenvalue weighted by molar-refractivity contribution is -0.229. The van der Waals surface area contributed by atoms with Crippen LogP contribution in [0.15, 0.2) is 24.3 Å². The first kappa shape index (κ1) is 15.6. The molecule has 4 rings (SSSR count). The van der Waals surface area contributed by atoms with Gasteiger partial charge >= 0.3 is 0 Å². The molecular weight excluding hydrogens is 419 g/mol. The third-order valence-corrected chi connectivity index (χ3v) is 5.86. The van der Waals surface area contributed by atoms with Gasteiger partial charge in [-0.25, -0.2) is 0 Å². The smallest absolute Gasteiger partial charge is 0.190 e. The highest BCUT2D eigenvalue weighted by atomic mass is 127. The summed E-state index contributed by atoms with van der Waals surface area (Å²) in [5.74, 6) is -0.613. The van der Waals surface area contributed by atoms with Crippen molar-refractivity contribution in [3.63, 3.8) is 0 Å². The van der Waals surface area contributed by atoms with Crippen LogP contribution in [0.25, 0.3) is 0 Å². The zero-order valence-corrected chi connectivity index (χ0v) is 15.3. The molecule has 22 heavy (non-hydrogen) atoms. The van der Waals surface area contributed by atoms with Crippen LogP contribution in [0.2, 0.25) is 5.02 Å². The van der Waals surface area contributed by atoms with Gasteiger partial charge in [-0.1, -0.05) is 46.3 Å². The molecule has 3 fully saturated rings. The first-order chi connectivity index (χ1) is 10.4. The molecule has 0 spiro atoms. The molecule has 0 bridgehead atoms. The molecule has 120 valence electrons. The molecule has 0 aromatic heterocycles. The summed E-state index contributed by atoms with van der Waals surface area (Å²) in [4.78, 5) is 0. The quantitative estimate of drug-likeness (QED) is 0.495. The second-order valence-corrected chi connectivity index (χ2v) is 8.50. The van der Waals surface area contributed by atoms with Gasteiger partial charge < -0.3 is 18.9 Å². The summed E-state index contributed by atoms with van der Waals surface area (Å²) in [6.45, 7) is 3.81. The number of rotatable bonds is 1. The predicted molar refractivity (Wildman–Crippen MR) is 90.2 cm³/mol. The van der Waals surface area contributed by atoms with E-state index in [1.165, 1.54) is 0 Å². The van der Waals surface area contributed by atoms with Gasteiger partial charge in [-0.15, -0.1) is 0 Å². The molecule has 3 aliphatic rings. The summed E-state index contributed by atoms with van der Waals surface area (Å²) in [6, 6.07) is 7.86. The van der Waals surface area contributed by atoms with Crippen molar-refractivity contribution in [3.05, 3.63) is 34.9 Å². The van der Waals surface area contributed by atoms with Crippen molar-refractivity contribution >= 4 is 34.2 Å². The van der Waals surface area contributed by atoms with Gasteiger partial charge in [0, 0.05) is 8.95 Å². The topological polar surface area (TPSA) is 36.9 Å². The maximum atomic E-state index is 6.34. The van der Waals surface area contributed by atoms with Crippen LogP contribution in [0, 0.1) is 0 Å². The Morgan fingerprint density at radius 3 is 2.50 bits per heavy atom. The Balaban J connectivity index is 1.56. The Morgan fingerprint density at radius 2 is 1.77 bits per heavy atom. The van der Waals surface area contributed by atoms with E-state index >= 15 is 0 Å². The van der Waals surface area contributed by atoms with Crippen LogP contribution in [-0.4, -0.2) is 34.3 Å². The summed E-state index contributed by atoms with van der Waals surface area (Å²) in [5, 5.41) is 0.738. The first-order valence-corrected chi connectivity index (χ1v) is 9.11. The molecule has 0 N–H and O–H groups in total. The highest BCUT2D eigenvalue weighted by Crippen LogP contribution is 2.47. The molecule has 0 saturated carbocycles. The molecule has 1 aromatic carbocycles. The third kappa shape index (κ3) is 2.70. The average molecular weight is 437 g/mol. The van der Waals surface area contributed by atoms with E-state index in [9.17, 15) is 0 Å². The minimum Gasteiger partial charge on any atom is -0.365 e. The maximum absolute atomic E-state index is 6.34. The lowest BCUT2D eigenvalue weighted by Crippen LogP contribution is -2.45. The predicted octanol–water partition coefficient (Wildman–Crippen LogP) is 3.85. The van der Waals surface area contributed by atoms with Gasteiger partial charge in [-0.2, -0.15) is 0 Å². The summed E-state index contributed by atoms with van der Waals surface area (Å²) < 4.78 is 24.6. The van der Waals surface area contributed by atoms with Crippen LogP contribution in [0.5, 0.6) is 0 Å². The lowest BCUT2D eigenvalue weighted by atomic mass is 9.95. The standard InChI is InChI=1S/C16H18ClIO4/c1-16(2)21-14-13-12(20-15(14)22-16)10(18)7-11(19-13)8-3-5-9(17)6-4-8/h3-6,10-15H,7H2,1-2H3/t10-,11-,12-,13+,14+,15+/m1/s1. The number of hydrogen-bond acceptors (Lipinski definition) is 4. The lowest BCUT2D eigenvalue weighted by Gasteiger charge is -2.37. The third-order valence-electron chi connectivity index (χ3n) is 4.39. The Morgan fingerprint density at radius 1 is 1.05 bits per heavy atom. The van der Waals surface area contributed by atoms with E-state index in [0.29, 0.717) is 3.92 Å². The molecule has 6 atom stereocenters. The highest BCUT2D eigenvalue weighted by Gasteiger charge is 2.59. The minimum absolute atomic E-state index is 0.0234. The van der Waals surface area contributed by atoms with Gasteiger partial charge in [-0.3, -0.25) is 0 Å². The monoisotopic (exact) mass is 436 g/mol. The highest BCUT2D eigenvalue weighted by molar-refractivity contribution is 14.1. The van der Waals surface area contributed by atoms with Crippen LogP contribution in [0.3, 0.4) is 0 Å². The van der Waals surface area contributed by atoms with E-state index < -0.39 is 5.79 Å². The molecule has 3 heterocycles. The van der Waals surface area contributed by atoms with Crippen molar-refractivity contribution in [1.82, 2.24) is 0 Å². The Hall–Kier alpha value is 0.0800. The van der Waals surface area contributed by atoms with E-state index in [4.69, 9.17) is 30.5 Å². The van der Waals surface area contributed by atoms with Crippen molar-refractivity contribution in [2.45, 2.75) is 60.7 Å². The summed E-state index contributed by atoms with van der Waals surface area (Å²) in [5.41, 5.74) is 1.14. The Kier molecular flexibility index (Phi) is 3.95. The fourth-order valence-electron chi connectivity index (χ4n) is 3.43. The molecule has 6 heteroatoms. The molecule has 3 saturated heterocycles. The molecule has 0 radical (unpaired) electrons. The number of ether oxygens (including phenoxy) is 4. The van der Waals surface area contributed by atoms with Crippen LogP contribution >= 0.6 is 34.2 Å². The van der Waals surface area contributed by atoms with Gasteiger partial charge in [0.2, 0.25) is 0 Å². The van der Waals surface area contributed by atoms with E-state index in [0.717, 1.165) is 17.0 Å². The van der Waals surface area contributed by atoms with Gasteiger partial charge in [0.25, 0.3) is 0 Å². The zero-order valence-electron chi connectivity index (χ0n) is 12.4. The van der Waals surface area contributed by atoms with Crippen molar-refractivity contribution in [3.8, 4) is 0 Å². The number of alkyl halides is 1. The molecule has 3 aliphatic heterocycles.